The highest BCUT2D eigenvalue weighted by atomic mass is 16.3. The average Bonchev–Trinajstić information content (AvgIpc) is 3.03. The molecule has 4 N–H and O–H groups in total. The Morgan fingerprint density at radius 1 is 0.545 bits per heavy atom. The number of aliphatic hydroxyl groups excluding tert-OH is 3. The van der Waals surface area contributed by atoms with Crippen LogP contribution in [0.2, 0.25) is 0 Å². The number of hydrogen-bond acceptors (Lipinski definition) is 4. The predicted octanol–water partition coefficient (Wildman–Crippen LogP) is 10.3. The molecule has 3 atom stereocenters. The Balaban J connectivity index is 3.74. The molecule has 0 aromatic rings. The second-order valence-corrected chi connectivity index (χ2v) is 13.1. The number of hydrogen-bond donors (Lipinski definition) is 4. The number of allylic oxidation sites excluding steroid dienone is 4. The molecule has 0 aromatic carbocycles. The molecule has 0 aliphatic heterocycles. The lowest BCUT2D eigenvalue weighted by atomic mass is 10.0. The van der Waals surface area contributed by atoms with Gasteiger partial charge in [-0.1, -0.05) is 147 Å². The minimum absolute atomic E-state index is 0.164. The summed E-state index contributed by atoms with van der Waals surface area (Å²) in [5, 5.41) is 33.3. The summed E-state index contributed by atoms with van der Waals surface area (Å²) in [5.41, 5.74) is 0. The van der Waals surface area contributed by atoms with Crippen LogP contribution in [0.3, 0.4) is 0 Å². The van der Waals surface area contributed by atoms with E-state index >= 15 is 0 Å². The molecule has 0 bridgehead atoms. The molecule has 0 saturated carbocycles. The van der Waals surface area contributed by atoms with Crippen molar-refractivity contribution in [2.45, 2.75) is 212 Å². The molecular formula is C39H75NO4. The second kappa shape index (κ2) is 34.7. The van der Waals surface area contributed by atoms with Crippen molar-refractivity contribution in [2.24, 2.45) is 0 Å². The third-order valence-corrected chi connectivity index (χ3v) is 8.78. The Labute approximate surface area is 273 Å². The molecule has 0 heterocycles. The summed E-state index contributed by atoms with van der Waals surface area (Å²) in [6, 6.07) is -0.826. The summed E-state index contributed by atoms with van der Waals surface area (Å²) in [4.78, 5) is 12.4. The molecule has 0 saturated heterocycles. The van der Waals surface area contributed by atoms with Crippen molar-refractivity contribution < 1.29 is 20.1 Å². The van der Waals surface area contributed by atoms with E-state index in [0.29, 0.717) is 12.8 Å². The molecule has 0 aliphatic carbocycles. The van der Waals surface area contributed by atoms with Gasteiger partial charge >= 0.3 is 0 Å². The first kappa shape index (κ1) is 42.8. The number of carbonyl (C=O) groups is 1. The van der Waals surface area contributed by atoms with Gasteiger partial charge in [0.05, 0.1) is 18.8 Å². The molecule has 44 heavy (non-hydrogen) atoms. The summed E-state index contributed by atoms with van der Waals surface area (Å²) >= 11 is 0. The van der Waals surface area contributed by atoms with E-state index in [2.05, 4.69) is 43.5 Å². The lowest BCUT2D eigenvalue weighted by Crippen LogP contribution is -2.50. The van der Waals surface area contributed by atoms with Gasteiger partial charge in [0.25, 0.3) is 0 Å². The van der Waals surface area contributed by atoms with Crippen molar-refractivity contribution in [3.63, 3.8) is 0 Å². The third kappa shape index (κ3) is 29.5. The second-order valence-electron chi connectivity index (χ2n) is 13.1. The van der Waals surface area contributed by atoms with Gasteiger partial charge in [0, 0.05) is 6.42 Å². The first-order valence-electron chi connectivity index (χ1n) is 19.1. The van der Waals surface area contributed by atoms with Gasteiger partial charge < -0.3 is 20.6 Å². The zero-order valence-corrected chi connectivity index (χ0v) is 29.3. The molecule has 3 unspecified atom stereocenters. The molecule has 5 heteroatoms. The van der Waals surface area contributed by atoms with E-state index in [1.165, 1.54) is 122 Å². The monoisotopic (exact) mass is 622 g/mol. The number of carbonyl (C=O) groups excluding carboxylic acids is 1. The lowest BCUT2D eigenvalue weighted by molar-refractivity contribution is -0.124. The van der Waals surface area contributed by atoms with Crippen LogP contribution in [0.5, 0.6) is 0 Å². The molecule has 0 rings (SSSR count). The highest BCUT2D eigenvalue weighted by Gasteiger charge is 2.26. The maximum Gasteiger partial charge on any atom is 0.220 e. The van der Waals surface area contributed by atoms with Gasteiger partial charge in [0.15, 0.2) is 0 Å². The molecule has 0 fully saturated rings. The average molecular weight is 622 g/mol. The Morgan fingerprint density at radius 2 is 0.909 bits per heavy atom. The first-order valence-corrected chi connectivity index (χ1v) is 19.1. The standard InChI is InChI=1S/C39H75NO4/c1-3-5-7-9-11-13-15-17-19-20-22-24-26-28-30-32-34-38(43)40-36(35-41)39(44)37(42)33-31-29-27-25-23-21-18-16-14-12-10-8-6-4-2/h19-20,25,27,36-37,39,41-42,44H,3-18,21-24,26,28-35H2,1-2H3,(H,40,43)/b20-19-,27-25+. The van der Waals surface area contributed by atoms with Gasteiger partial charge in [-0.2, -0.15) is 0 Å². The predicted molar refractivity (Wildman–Crippen MR) is 190 cm³/mol. The Hall–Kier alpha value is -1.17. The number of nitrogens with one attached hydrogen (secondary N) is 1. The molecule has 1 amide bonds. The fourth-order valence-electron chi connectivity index (χ4n) is 5.74. The van der Waals surface area contributed by atoms with Crippen molar-refractivity contribution in [1.29, 1.82) is 0 Å². The van der Waals surface area contributed by atoms with Crippen LogP contribution in [0, 0.1) is 0 Å². The van der Waals surface area contributed by atoms with Crippen molar-refractivity contribution in [3.05, 3.63) is 24.3 Å². The van der Waals surface area contributed by atoms with E-state index in [1.807, 2.05) is 0 Å². The van der Waals surface area contributed by atoms with Crippen LogP contribution >= 0.6 is 0 Å². The summed E-state index contributed by atoms with van der Waals surface area (Å²) in [6.07, 6.45) is 39.8. The molecule has 0 spiro atoms. The fourth-order valence-corrected chi connectivity index (χ4v) is 5.74. The van der Waals surface area contributed by atoms with Crippen LogP contribution in [-0.2, 0) is 4.79 Å². The minimum atomic E-state index is -1.16. The number of unbranched alkanes of at least 4 members (excludes halogenated alkanes) is 22. The summed E-state index contributed by atoms with van der Waals surface area (Å²) in [7, 11) is 0. The van der Waals surface area contributed by atoms with Gasteiger partial charge in [-0.3, -0.25) is 4.79 Å². The van der Waals surface area contributed by atoms with Crippen LogP contribution in [0.15, 0.2) is 24.3 Å². The number of rotatable bonds is 34. The van der Waals surface area contributed by atoms with E-state index in [9.17, 15) is 20.1 Å². The fraction of sp³-hybridized carbons (Fsp3) is 0.872. The van der Waals surface area contributed by atoms with Crippen LogP contribution in [-0.4, -0.2) is 46.1 Å². The smallest absolute Gasteiger partial charge is 0.220 e. The summed E-state index contributed by atoms with van der Waals surface area (Å²) < 4.78 is 0. The van der Waals surface area contributed by atoms with Gasteiger partial charge in [-0.15, -0.1) is 0 Å². The van der Waals surface area contributed by atoms with Crippen LogP contribution in [0.1, 0.15) is 194 Å². The first-order chi connectivity index (χ1) is 21.6. The zero-order valence-electron chi connectivity index (χ0n) is 29.3. The van der Waals surface area contributed by atoms with E-state index in [1.54, 1.807) is 0 Å². The maximum absolute atomic E-state index is 12.4. The van der Waals surface area contributed by atoms with Crippen LogP contribution in [0.25, 0.3) is 0 Å². The van der Waals surface area contributed by atoms with Crippen molar-refractivity contribution >= 4 is 5.91 Å². The lowest BCUT2D eigenvalue weighted by Gasteiger charge is -2.26. The SMILES string of the molecule is CCCCCCCCC/C=C\CCCCCCCC(=O)NC(CO)C(O)C(O)CCC/C=C/CCCCCCCCCCC. The minimum Gasteiger partial charge on any atom is -0.394 e. The Morgan fingerprint density at radius 3 is 1.32 bits per heavy atom. The zero-order chi connectivity index (χ0) is 32.4. The molecule has 0 aliphatic rings. The van der Waals surface area contributed by atoms with E-state index in [0.717, 1.165) is 44.9 Å². The molecular weight excluding hydrogens is 546 g/mol. The van der Waals surface area contributed by atoms with Crippen LogP contribution in [0.4, 0.5) is 0 Å². The van der Waals surface area contributed by atoms with Gasteiger partial charge in [-0.05, 0) is 64.2 Å². The normalized spacial score (nSPS) is 14.0. The number of amides is 1. The highest BCUT2D eigenvalue weighted by molar-refractivity contribution is 5.76. The third-order valence-electron chi connectivity index (χ3n) is 8.78. The molecule has 0 radical (unpaired) electrons. The van der Waals surface area contributed by atoms with Gasteiger partial charge in [0.1, 0.15) is 6.10 Å². The Bertz CT molecular complexity index is 650. The van der Waals surface area contributed by atoms with Crippen molar-refractivity contribution in [1.82, 2.24) is 5.32 Å². The molecule has 260 valence electrons. The highest BCUT2D eigenvalue weighted by Crippen LogP contribution is 2.14. The van der Waals surface area contributed by atoms with Crippen molar-refractivity contribution in [2.75, 3.05) is 6.61 Å². The Kier molecular flexibility index (Phi) is 33.8. The molecule has 0 aromatic heterocycles. The van der Waals surface area contributed by atoms with E-state index < -0.39 is 18.2 Å². The van der Waals surface area contributed by atoms with Gasteiger partial charge in [0.2, 0.25) is 5.91 Å². The topological polar surface area (TPSA) is 89.8 Å². The van der Waals surface area contributed by atoms with Crippen molar-refractivity contribution in [3.8, 4) is 0 Å². The van der Waals surface area contributed by atoms with Crippen LogP contribution < -0.4 is 5.32 Å². The summed E-state index contributed by atoms with van der Waals surface area (Å²) in [6.45, 7) is 4.14. The number of aliphatic hydroxyl groups is 3. The largest absolute Gasteiger partial charge is 0.394 e. The van der Waals surface area contributed by atoms with Gasteiger partial charge in [-0.25, -0.2) is 0 Å². The van der Waals surface area contributed by atoms with E-state index in [-0.39, 0.29) is 12.5 Å². The summed E-state index contributed by atoms with van der Waals surface area (Å²) in [5.74, 6) is -0.164. The van der Waals surface area contributed by atoms with E-state index in [4.69, 9.17) is 0 Å². The maximum atomic E-state index is 12.4. The molecule has 5 nitrogen and oxygen atoms in total. The quantitative estimate of drug-likeness (QED) is 0.0425.